The first-order chi connectivity index (χ1) is 21.3. The monoisotopic (exact) mass is 627 g/mol. The number of hydrogen-bond acceptors (Lipinski definition) is 9. The summed E-state index contributed by atoms with van der Waals surface area (Å²) in [6, 6.07) is 5.59. The summed E-state index contributed by atoms with van der Waals surface area (Å²) in [5.74, 6) is -1.09. The minimum Gasteiger partial charge on any atom is -0.383 e. The van der Waals surface area contributed by atoms with Gasteiger partial charge in [-0.2, -0.15) is 0 Å². The highest BCUT2D eigenvalue weighted by atomic mass is 32.1. The van der Waals surface area contributed by atoms with E-state index in [-0.39, 0.29) is 36.7 Å². The fourth-order valence-corrected chi connectivity index (χ4v) is 8.01. The van der Waals surface area contributed by atoms with Gasteiger partial charge in [0.05, 0.1) is 18.8 Å². The molecule has 1 aromatic heterocycles. The molecule has 3 saturated heterocycles. The van der Waals surface area contributed by atoms with Crippen molar-refractivity contribution in [1.29, 1.82) is 0 Å². The Labute approximate surface area is 261 Å². The zero-order chi connectivity index (χ0) is 30.8. The first kappa shape index (κ1) is 31.1. The number of anilines is 1. The van der Waals surface area contributed by atoms with Crippen LogP contribution in [0.1, 0.15) is 47.3 Å². The van der Waals surface area contributed by atoms with Crippen molar-refractivity contribution in [2.75, 3.05) is 64.5 Å². The quantitative estimate of drug-likeness (QED) is 0.453. The summed E-state index contributed by atoms with van der Waals surface area (Å²) in [6.45, 7) is 7.16. The van der Waals surface area contributed by atoms with Crippen molar-refractivity contribution in [2.45, 2.75) is 63.4 Å². The number of ether oxygens (including phenoxy) is 2. The van der Waals surface area contributed by atoms with Gasteiger partial charge < -0.3 is 24.6 Å². The number of aryl methyl sites for hydroxylation is 1. The molecule has 1 N–H and O–H groups in total. The number of methoxy groups -OCH3 is 1. The lowest BCUT2D eigenvalue weighted by molar-refractivity contribution is -0.139. The molecular weight excluding hydrogens is 585 g/mol. The lowest BCUT2D eigenvalue weighted by atomic mass is 9.83. The van der Waals surface area contributed by atoms with Crippen LogP contribution in [0.5, 0.6) is 0 Å². The molecule has 2 aromatic rings. The van der Waals surface area contributed by atoms with Crippen molar-refractivity contribution in [3.63, 3.8) is 0 Å². The molecule has 238 valence electrons. The molecule has 1 aliphatic carbocycles. The lowest BCUT2D eigenvalue weighted by Gasteiger charge is -2.34. The second-order valence-electron chi connectivity index (χ2n) is 12.3. The van der Waals surface area contributed by atoms with Crippen LogP contribution in [0.25, 0.3) is 11.3 Å². The molecule has 0 spiro atoms. The zero-order valence-corrected chi connectivity index (χ0v) is 26.3. The molecule has 1 aromatic carbocycles. The van der Waals surface area contributed by atoms with E-state index in [1.54, 1.807) is 30.6 Å². The van der Waals surface area contributed by atoms with Gasteiger partial charge in [-0.05, 0) is 37.8 Å². The number of benzene rings is 1. The van der Waals surface area contributed by atoms with E-state index in [9.17, 15) is 18.8 Å². The summed E-state index contributed by atoms with van der Waals surface area (Å²) >= 11 is 1.68. The number of carbonyl (C=O) groups excluding carboxylic acids is 3. The van der Waals surface area contributed by atoms with Gasteiger partial charge >= 0.3 is 0 Å². The molecule has 6 rings (SSSR count). The smallest absolute Gasteiger partial charge is 0.251 e. The Morgan fingerprint density at radius 1 is 1.14 bits per heavy atom. The van der Waals surface area contributed by atoms with Crippen molar-refractivity contribution in [1.82, 2.24) is 20.1 Å². The second kappa shape index (κ2) is 13.6. The number of nitrogens with zero attached hydrogens (tertiary/aromatic N) is 4. The topological polar surface area (TPSA) is 104 Å². The third-order valence-electron chi connectivity index (χ3n) is 9.54. The molecule has 10 nitrogen and oxygen atoms in total. The maximum Gasteiger partial charge on any atom is 0.251 e. The van der Waals surface area contributed by atoms with Crippen LogP contribution in [-0.2, 0) is 19.1 Å². The molecule has 1 saturated carbocycles. The van der Waals surface area contributed by atoms with Gasteiger partial charge in [-0.15, -0.1) is 11.3 Å². The molecule has 0 unspecified atom stereocenters. The highest BCUT2D eigenvalue weighted by molar-refractivity contribution is 7.16. The van der Waals surface area contributed by atoms with E-state index in [1.165, 1.54) is 4.90 Å². The van der Waals surface area contributed by atoms with Gasteiger partial charge in [-0.3, -0.25) is 19.3 Å². The molecule has 0 bridgehead atoms. The number of Topliss-reactive ketones (excluding diaryl/α,β-unsaturated/α-hetero) is 1. The van der Waals surface area contributed by atoms with Crippen molar-refractivity contribution in [3.05, 3.63) is 34.7 Å². The average Bonchev–Trinajstić information content (AvgIpc) is 3.74. The van der Waals surface area contributed by atoms with Crippen molar-refractivity contribution in [2.24, 2.45) is 5.92 Å². The Kier molecular flexibility index (Phi) is 9.60. The Morgan fingerprint density at radius 3 is 2.57 bits per heavy atom. The number of piperazine rings is 1. The Morgan fingerprint density at radius 2 is 1.86 bits per heavy atom. The molecule has 4 heterocycles. The summed E-state index contributed by atoms with van der Waals surface area (Å²) in [6.07, 6.45) is 2.30. The number of rotatable bonds is 9. The van der Waals surface area contributed by atoms with E-state index in [2.05, 4.69) is 22.0 Å². The van der Waals surface area contributed by atoms with E-state index in [4.69, 9.17) is 14.5 Å². The summed E-state index contributed by atoms with van der Waals surface area (Å²) in [5.41, 5.74) is 2.27. The standard InChI is InChI=1S/C32H42FN5O5S/c1-20-26(35-32(44-20)37-14-12-36(13-15-37)16-17-42-2)22-8-10-23(11-9-22)30(40)34-27(21-6-4-3-5-7-21)31(41)38-18-24(33)29-28(38)25(39)19-43-29/h8-11,21,24,27-29H,3-7,12-19H2,1-2H3,(H,34,40)/t24-,27-,28+,29+/m0/s1. The van der Waals surface area contributed by atoms with Crippen LogP contribution in [-0.4, -0.2) is 116 Å². The first-order valence-corrected chi connectivity index (χ1v) is 16.6. The maximum absolute atomic E-state index is 14.7. The fraction of sp³-hybridized carbons (Fsp3) is 0.625. The van der Waals surface area contributed by atoms with Crippen molar-refractivity contribution in [3.8, 4) is 11.3 Å². The van der Waals surface area contributed by atoms with Crippen molar-refractivity contribution >= 4 is 34.1 Å². The second-order valence-corrected chi connectivity index (χ2v) is 13.5. The molecule has 12 heteroatoms. The van der Waals surface area contributed by atoms with Crippen LogP contribution in [0.2, 0.25) is 0 Å². The zero-order valence-electron chi connectivity index (χ0n) is 25.5. The Bertz CT molecular complexity index is 1340. The minimum atomic E-state index is -1.41. The normalized spacial score (nSPS) is 25.3. The number of thiazole rings is 1. The Hall–Kier alpha value is -2.93. The highest BCUT2D eigenvalue weighted by Gasteiger charge is 2.54. The van der Waals surface area contributed by atoms with E-state index >= 15 is 0 Å². The fourth-order valence-electron chi connectivity index (χ4n) is 7.02. The summed E-state index contributed by atoms with van der Waals surface area (Å²) < 4.78 is 25.3. The molecular formula is C32H42FN5O5S. The van der Waals surface area contributed by atoms with Crippen LogP contribution in [0, 0.1) is 12.8 Å². The average molecular weight is 628 g/mol. The number of aromatic nitrogens is 1. The molecule has 3 aliphatic heterocycles. The van der Waals surface area contributed by atoms with Gasteiger partial charge in [0.25, 0.3) is 5.91 Å². The van der Waals surface area contributed by atoms with Gasteiger partial charge in [0.2, 0.25) is 5.91 Å². The number of hydrogen-bond donors (Lipinski definition) is 1. The van der Waals surface area contributed by atoms with Gasteiger partial charge in [-0.1, -0.05) is 31.4 Å². The number of alkyl halides is 1. The molecule has 0 radical (unpaired) electrons. The van der Waals surface area contributed by atoms with E-state index in [1.807, 2.05) is 12.1 Å². The molecule has 2 amide bonds. The van der Waals surface area contributed by atoms with Crippen LogP contribution < -0.4 is 10.2 Å². The van der Waals surface area contributed by atoms with Crippen LogP contribution in [0.4, 0.5) is 9.52 Å². The molecule has 4 atom stereocenters. The van der Waals surface area contributed by atoms with E-state index < -0.39 is 24.4 Å². The maximum atomic E-state index is 14.7. The number of likely N-dealkylation sites (tertiary alicyclic amines) is 1. The third-order valence-corrected chi connectivity index (χ3v) is 10.6. The van der Waals surface area contributed by atoms with Crippen LogP contribution in [0.15, 0.2) is 24.3 Å². The summed E-state index contributed by atoms with van der Waals surface area (Å²) in [4.78, 5) is 52.0. The SMILES string of the molecule is COCCN1CCN(c2nc(-c3ccc(C(=O)N[C@H](C(=O)N4C[C@H](F)[C@H]5OCC(=O)[C@H]54)C4CCCCC4)cc3)c(C)s2)CC1. The van der Waals surface area contributed by atoms with Crippen molar-refractivity contribution < 1.29 is 28.2 Å². The predicted molar refractivity (Wildman–Crippen MR) is 166 cm³/mol. The predicted octanol–water partition coefficient (Wildman–Crippen LogP) is 3.08. The molecule has 4 fully saturated rings. The highest BCUT2D eigenvalue weighted by Crippen LogP contribution is 2.35. The first-order valence-electron chi connectivity index (χ1n) is 15.8. The van der Waals surface area contributed by atoms with Crippen LogP contribution in [0.3, 0.4) is 0 Å². The summed E-state index contributed by atoms with van der Waals surface area (Å²) in [7, 11) is 1.73. The number of ketones is 1. The minimum absolute atomic E-state index is 0.0630. The molecule has 44 heavy (non-hydrogen) atoms. The largest absolute Gasteiger partial charge is 0.383 e. The van der Waals surface area contributed by atoms with Gasteiger partial charge in [-0.25, -0.2) is 9.37 Å². The van der Waals surface area contributed by atoms with Gasteiger partial charge in [0, 0.05) is 55.8 Å². The number of carbonyl (C=O) groups is 3. The van der Waals surface area contributed by atoms with Gasteiger partial charge in [0.15, 0.2) is 10.9 Å². The third kappa shape index (κ3) is 6.40. The number of fused-ring (bicyclic) bond motifs is 1. The van der Waals surface area contributed by atoms with Gasteiger partial charge in [0.1, 0.15) is 31.0 Å². The van der Waals surface area contributed by atoms with E-state index in [0.29, 0.717) is 5.56 Å². The van der Waals surface area contributed by atoms with Crippen LogP contribution >= 0.6 is 11.3 Å². The molecule has 4 aliphatic rings. The van der Waals surface area contributed by atoms with E-state index in [0.717, 1.165) is 92.7 Å². The number of amides is 2. The Balaban J connectivity index is 1.14. The summed E-state index contributed by atoms with van der Waals surface area (Å²) in [5, 5.41) is 3.99. The number of halogens is 1. The number of nitrogens with one attached hydrogen (secondary N) is 1. The lowest BCUT2D eigenvalue weighted by Crippen LogP contribution is -2.55.